The van der Waals surface area contributed by atoms with Crippen LogP contribution in [0.4, 0.5) is 0 Å². The lowest BCUT2D eigenvalue weighted by molar-refractivity contribution is 0.314. The SMILES string of the molecule is COc1c(SCc2cccc(C(C)(C)C)c2)cnn(C(C)(C)C)c1=O. The minimum absolute atomic E-state index is 0.118. The fourth-order valence-corrected chi connectivity index (χ4v) is 3.41. The smallest absolute Gasteiger partial charge is 0.310 e. The van der Waals surface area contributed by atoms with E-state index >= 15 is 0 Å². The van der Waals surface area contributed by atoms with Gasteiger partial charge in [-0.15, -0.1) is 11.8 Å². The molecule has 1 heterocycles. The number of nitrogens with zero attached hydrogens (tertiary/aromatic N) is 2. The topological polar surface area (TPSA) is 44.1 Å². The highest BCUT2D eigenvalue weighted by Crippen LogP contribution is 2.30. The molecule has 0 saturated heterocycles. The van der Waals surface area contributed by atoms with E-state index in [1.165, 1.54) is 22.9 Å². The lowest BCUT2D eigenvalue weighted by atomic mass is 9.86. The van der Waals surface area contributed by atoms with Crippen molar-refractivity contribution in [1.82, 2.24) is 9.78 Å². The molecule has 136 valence electrons. The van der Waals surface area contributed by atoms with Crippen molar-refractivity contribution in [2.75, 3.05) is 7.11 Å². The van der Waals surface area contributed by atoms with Crippen molar-refractivity contribution in [3.8, 4) is 5.75 Å². The van der Waals surface area contributed by atoms with E-state index in [2.05, 4.69) is 50.1 Å². The maximum Gasteiger partial charge on any atom is 0.310 e. The molecule has 1 aromatic heterocycles. The van der Waals surface area contributed by atoms with Gasteiger partial charge in [0.15, 0.2) is 0 Å². The Morgan fingerprint density at radius 2 is 1.84 bits per heavy atom. The summed E-state index contributed by atoms with van der Waals surface area (Å²) in [4.78, 5) is 13.4. The Morgan fingerprint density at radius 3 is 2.40 bits per heavy atom. The van der Waals surface area contributed by atoms with E-state index < -0.39 is 0 Å². The number of rotatable bonds is 4. The zero-order valence-electron chi connectivity index (χ0n) is 16.2. The second-order valence-corrected chi connectivity index (χ2v) is 9.19. The maximum absolute atomic E-state index is 12.6. The van der Waals surface area contributed by atoms with E-state index in [0.29, 0.717) is 5.75 Å². The lowest BCUT2D eigenvalue weighted by Gasteiger charge is -2.22. The number of aromatic nitrogens is 2. The molecule has 4 nitrogen and oxygen atoms in total. The Balaban J connectivity index is 2.27. The highest BCUT2D eigenvalue weighted by atomic mass is 32.2. The van der Waals surface area contributed by atoms with Crippen LogP contribution in [0.3, 0.4) is 0 Å². The average Bonchev–Trinajstić information content (AvgIpc) is 2.51. The van der Waals surface area contributed by atoms with Crippen molar-refractivity contribution in [3.63, 3.8) is 0 Å². The van der Waals surface area contributed by atoms with Crippen LogP contribution in [0.15, 0.2) is 40.2 Å². The van der Waals surface area contributed by atoms with Gasteiger partial charge in [-0.2, -0.15) is 5.10 Å². The number of benzene rings is 1. The summed E-state index contributed by atoms with van der Waals surface area (Å²) in [5.41, 5.74) is 2.07. The van der Waals surface area contributed by atoms with Gasteiger partial charge in [-0.3, -0.25) is 4.79 Å². The lowest BCUT2D eigenvalue weighted by Crippen LogP contribution is -2.36. The molecule has 5 heteroatoms. The Kier molecular flexibility index (Phi) is 5.67. The normalized spacial score (nSPS) is 12.3. The fourth-order valence-electron chi connectivity index (χ4n) is 2.48. The average molecular weight is 361 g/mol. The van der Waals surface area contributed by atoms with Crippen molar-refractivity contribution >= 4 is 11.8 Å². The van der Waals surface area contributed by atoms with E-state index in [0.717, 1.165) is 10.6 Å². The van der Waals surface area contributed by atoms with Crippen LogP contribution in [0.1, 0.15) is 52.7 Å². The molecule has 0 N–H and O–H groups in total. The first-order chi connectivity index (χ1) is 11.5. The van der Waals surface area contributed by atoms with Gasteiger partial charge < -0.3 is 4.74 Å². The predicted molar refractivity (Wildman–Crippen MR) is 105 cm³/mol. The molecule has 0 bridgehead atoms. The Labute approximate surface area is 154 Å². The third-order valence-corrected chi connectivity index (χ3v) is 5.01. The van der Waals surface area contributed by atoms with Crippen LogP contribution >= 0.6 is 11.8 Å². The number of hydrogen-bond donors (Lipinski definition) is 0. The number of ether oxygens (including phenoxy) is 1. The molecule has 0 unspecified atom stereocenters. The second-order valence-electron chi connectivity index (χ2n) is 8.17. The van der Waals surface area contributed by atoms with Gasteiger partial charge in [0.25, 0.3) is 0 Å². The molecule has 0 spiro atoms. The highest BCUT2D eigenvalue weighted by molar-refractivity contribution is 7.98. The summed E-state index contributed by atoms with van der Waals surface area (Å²) in [6.45, 7) is 12.5. The maximum atomic E-state index is 12.6. The summed E-state index contributed by atoms with van der Waals surface area (Å²) >= 11 is 1.58. The molecule has 0 aliphatic carbocycles. The first kappa shape index (κ1) is 19.6. The Bertz CT molecular complexity index is 799. The van der Waals surface area contributed by atoms with Gasteiger partial charge in [-0.1, -0.05) is 45.0 Å². The van der Waals surface area contributed by atoms with Crippen LogP contribution in [0.2, 0.25) is 0 Å². The Hall–Kier alpha value is -1.75. The van der Waals surface area contributed by atoms with Crippen LogP contribution in [-0.4, -0.2) is 16.9 Å². The minimum Gasteiger partial charge on any atom is -0.490 e. The Morgan fingerprint density at radius 1 is 1.16 bits per heavy atom. The third-order valence-electron chi connectivity index (χ3n) is 3.93. The van der Waals surface area contributed by atoms with E-state index in [4.69, 9.17) is 4.74 Å². The number of thioether (sulfide) groups is 1. The summed E-state index contributed by atoms with van der Waals surface area (Å²) in [6.07, 6.45) is 1.73. The monoisotopic (exact) mass is 360 g/mol. The third kappa shape index (κ3) is 4.66. The molecule has 0 amide bonds. The first-order valence-corrected chi connectivity index (χ1v) is 9.41. The van der Waals surface area contributed by atoms with Gasteiger partial charge in [0.2, 0.25) is 5.75 Å². The number of hydrogen-bond acceptors (Lipinski definition) is 4. The molecule has 2 rings (SSSR count). The zero-order chi connectivity index (χ0) is 18.8. The second kappa shape index (κ2) is 7.24. The molecule has 1 aromatic carbocycles. The quantitative estimate of drug-likeness (QED) is 0.748. The first-order valence-electron chi connectivity index (χ1n) is 8.43. The summed E-state index contributed by atoms with van der Waals surface area (Å²) in [6, 6.07) is 8.58. The van der Waals surface area contributed by atoms with Crippen LogP contribution in [-0.2, 0) is 16.7 Å². The van der Waals surface area contributed by atoms with Crippen molar-refractivity contribution < 1.29 is 4.74 Å². The molecule has 2 aromatic rings. The fraction of sp³-hybridized carbons (Fsp3) is 0.500. The van der Waals surface area contributed by atoms with Gasteiger partial charge in [-0.25, -0.2) is 4.68 Å². The standard InChI is InChI=1S/C20H28N2O2S/c1-19(2,3)15-10-8-9-14(11-15)13-25-16-12-21-22(20(4,5)6)18(23)17(16)24-7/h8-12H,13H2,1-7H3. The van der Waals surface area contributed by atoms with Crippen LogP contribution < -0.4 is 10.3 Å². The molecule has 0 atom stereocenters. The van der Waals surface area contributed by atoms with E-state index in [1.807, 2.05) is 20.8 Å². The van der Waals surface area contributed by atoms with E-state index in [9.17, 15) is 4.79 Å². The van der Waals surface area contributed by atoms with Crippen LogP contribution in [0.5, 0.6) is 5.75 Å². The zero-order valence-corrected chi connectivity index (χ0v) is 17.0. The summed E-state index contributed by atoms with van der Waals surface area (Å²) in [5, 5.41) is 4.33. The van der Waals surface area contributed by atoms with E-state index in [1.54, 1.807) is 18.0 Å². The summed E-state index contributed by atoms with van der Waals surface area (Å²) in [5.74, 6) is 1.13. The van der Waals surface area contributed by atoms with Crippen molar-refractivity contribution in [2.24, 2.45) is 0 Å². The van der Waals surface area contributed by atoms with Crippen molar-refractivity contribution in [1.29, 1.82) is 0 Å². The van der Waals surface area contributed by atoms with Crippen LogP contribution in [0, 0.1) is 0 Å². The van der Waals surface area contributed by atoms with Gasteiger partial charge in [0.1, 0.15) is 0 Å². The van der Waals surface area contributed by atoms with Crippen molar-refractivity contribution in [2.45, 2.75) is 63.1 Å². The summed E-state index contributed by atoms with van der Waals surface area (Å²) < 4.78 is 6.85. The molecule has 0 radical (unpaired) electrons. The van der Waals surface area contributed by atoms with Crippen LogP contribution in [0.25, 0.3) is 0 Å². The predicted octanol–water partition coefficient (Wildman–Crippen LogP) is 4.60. The minimum atomic E-state index is -0.380. The molecule has 0 fully saturated rings. The molecule has 0 saturated carbocycles. The largest absolute Gasteiger partial charge is 0.490 e. The van der Waals surface area contributed by atoms with Gasteiger partial charge in [-0.05, 0) is 37.3 Å². The van der Waals surface area contributed by atoms with E-state index in [-0.39, 0.29) is 16.5 Å². The molecule has 0 aliphatic rings. The van der Waals surface area contributed by atoms with Gasteiger partial charge in [0.05, 0.1) is 23.7 Å². The molecular formula is C20H28N2O2S. The van der Waals surface area contributed by atoms with Gasteiger partial charge >= 0.3 is 5.56 Å². The van der Waals surface area contributed by atoms with Gasteiger partial charge in [0, 0.05) is 5.75 Å². The number of methoxy groups -OCH3 is 1. The van der Waals surface area contributed by atoms with Crippen molar-refractivity contribution in [3.05, 3.63) is 51.9 Å². The molecular weight excluding hydrogens is 332 g/mol. The molecule has 25 heavy (non-hydrogen) atoms. The highest BCUT2D eigenvalue weighted by Gasteiger charge is 2.21. The summed E-state index contributed by atoms with van der Waals surface area (Å²) in [7, 11) is 1.54. The molecule has 0 aliphatic heterocycles.